The molecule has 0 aliphatic heterocycles. The largest absolute Gasteiger partial charge is 0.331 e. The zero-order valence-electron chi connectivity index (χ0n) is 7.44. The molecular formula is C9H7NO3S. The van der Waals surface area contributed by atoms with E-state index in [2.05, 4.69) is 9.99 Å². The smallest absolute Gasteiger partial charge is 0.318 e. The summed E-state index contributed by atoms with van der Waals surface area (Å²) >= 11 is 1.51. The number of carbonyl (C=O) groups excluding carboxylic acids is 2. The van der Waals surface area contributed by atoms with Crippen molar-refractivity contribution in [2.75, 3.05) is 0 Å². The Labute approximate surface area is 84.2 Å². The first-order valence-electron chi connectivity index (χ1n) is 4.04. The van der Waals surface area contributed by atoms with Crippen LogP contribution in [-0.4, -0.2) is 17.5 Å². The van der Waals surface area contributed by atoms with Gasteiger partial charge in [0.05, 0.1) is 0 Å². The highest BCUT2D eigenvalue weighted by molar-refractivity contribution is 7.11. The van der Waals surface area contributed by atoms with Gasteiger partial charge in [-0.3, -0.25) is 4.79 Å². The predicted octanol–water partition coefficient (Wildman–Crippen LogP) is 1.41. The number of rotatable bonds is 1. The van der Waals surface area contributed by atoms with Gasteiger partial charge in [-0.25, -0.2) is 4.79 Å². The van der Waals surface area contributed by atoms with E-state index in [0.717, 1.165) is 4.88 Å². The van der Waals surface area contributed by atoms with Crippen molar-refractivity contribution in [3.05, 3.63) is 21.9 Å². The summed E-state index contributed by atoms with van der Waals surface area (Å²) in [4.78, 5) is 27.5. The summed E-state index contributed by atoms with van der Waals surface area (Å²) in [5.74, 6) is -0.650. The Kier molecular flexibility index (Phi) is 2.17. The summed E-state index contributed by atoms with van der Waals surface area (Å²) in [6, 6.07) is 1.76. The van der Waals surface area contributed by atoms with E-state index in [0.29, 0.717) is 17.7 Å². The second-order valence-corrected chi connectivity index (χ2v) is 3.88. The molecule has 1 aliphatic carbocycles. The lowest BCUT2D eigenvalue weighted by molar-refractivity contribution is -0.140. The summed E-state index contributed by atoms with van der Waals surface area (Å²) < 4.78 is 0. The van der Waals surface area contributed by atoms with Gasteiger partial charge in [0.15, 0.2) is 0 Å². The number of hydrogen-bond donors (Lipinski definition) is 0. The van der Waals surface area contributed by atoms with Gasteiger partial charge in [-0.15, -0.1) is 11.3 Å². The van der Waals surface area contributed by atoms with Crippen LogP contribution in [0.15, 0.2) is 16.6 Å². The minimum atomic E-state index is -0.513. The fourth-order valence-electron chi connectivity index (χ4n) is 1.26. The number of ketones is 1. The van der Waals surface area contributed by atoms with E-state index in [1.54, 1.807) is 6.07 Å². The van der Waals surface area contributed by atoms with Crippen molar-refractivity contribution in [2.45, 2.75) is 13.3 Å². The normalized spacial score (nSPS) is 17.2. The van der Waals surface area contributed by atoms with E-state index in [-0.39, 0.29) is 5.78 Å². The van der Waals surface area contributed by atoms with Crippen LogP contribution in [0, 0.1) is 0 Å². The minimum Gasteiger partial charge on any atom is -0.318 e. The van der Waals surface area contributed by atoms with Gasteiger partial charge >= 0.3 is 5.97 Å². The van der Waals surface area contributed by atoms with Gasteiger partial charge in [0.25, 0.3) is 0 Å². The molecule has 14 heavy (non-hydrogen) atoms. The lowest BCUT2D eigenvalue weighted by Gasteiger charge is -1.92. The molecule has 0 bridgehead atoms. The Morgan fingerprint density at radius 1 is 1.64 bits per heavy atom. The molecule has 0 fully saturated rings. The van der Waals surface area contributed by atoms with Crippen LogP contribution in [0.5, 0.6) is 0 Å². The molecule has 0 saturated heterocycles. The standard InChI is InChI=1S/C9H7NO3S/c1-5(11)13-10-7-4-8-6(9(7)12)2-3-14-8/h2-3H,4H2,1H3/b10-7+. The molecule has 1 aromatic rings. The highest BCUT2D eigenvalue weighted by Gasteiger charge is 2.28. The maximum absolute atomic E-state index is 11.6. The first-order chi connectivity index (χ1) is 6.68. The van der Waals surface area contributed by atoms with Crippen LogP contribution >= 0.6 is 11.3 Å². The van der Waals surface area contributed by atoms with Crippen LogP contribution < -0.4 is 0 Å². The molecule has 1 aromatic heterocycles. The van der Waals surface area contributed by atoms with Crippen LogP contribution in [0.25, 0.3) is 0 Å². The fourth-order valence-corrected chi connectivity index (χ4v) is 2.14. The zero-order chi connectivity index (χ0) is 10.1. The van der Waals surface area contributed by atoms with Gasteiger partial charge in [0.2, 0.25) is 5.78 Å². The van der Waals surface area contributed by atoms with Crippen LogP contribution in [0.1, 0.15) is 22.2 Å². The molecule has 0 atom stereocenters. The summed E-state index contributed by atoms with van der Waals surface area (Å²) in [6.07, 6.45) is 0.471. The van der Waals surface area contributed by atoms with E-state index in [1.807, 2.05) is 5.38 Å². The van der Waals surface area contributed by atoms with Gasteiger partial charge in [0, 0.05) is 23.8 Å². The topological polar surface area (TPSA) is 55.7 Å². The van der Waals surface area contributed by atoms with Crippen LogP contribution in [0.4, 0.5) is 0 Å². The van der Waals surface area contributed by atoms with Crippen LogP contribution in [-0.2, 0) is 16.1 Å². The average Bonchev–Trinajstić information content (AvgIpc) is 2.66. The Morgan fingerprint density at radius 2 is 2.43 bits per heavy atom. The number of carbonyl (C=O) groups is 2. The number of Topliss-reactive ketones (excluding diaryl/α,β-unsaturated/α-hetero) is 1. The number of hydrogen-bond acceptors (Lipinski definition) is 5. The minimum absolute atomic E-state index is 0.137. The number of fused-ring (bicyclic) bond motifs is 1. The molecule has 0 amide bonds. The maximum atomic E-state index is 11.6. The third kappa shape index (κ3) is 1.46. The molecule has 72 valence electrons. The van der Waals surface area contributed by atoms with E-state index < -0.39 is 5.97 Å². The molecule has 4 nitrogen and oxygen atoms in total. The van der Waals surface area contributed by atoms with Crippen molar-refractivity contribution in [3.8, 4) is 0 Å². The highest BCUT2D eigenvalue weighted by atomic mass is 32.1. The Balaban J connectivity index is 2.21. The van der Waals surface area contributed by atoms with Gasteiger partial charge < -0.3 is 4.84 Å². The zero-order valence-corrected chi connectivity index (χ0v) is 8.26. The second-order valence-electron chi connectivity index (χ2n) is 2.88. The molecule has 0 aromatic carbocycles. The lowest BCUT2D eigenvalue weighted by atomic mass is 10.2. The van der Waals surface area contributed by atoms with Crippen molar-refractivity contribution in [1.82, 2.24) is 0 Å². The SMILES string of the molecule is CC(=O)O/N=C1\Cc2sccc2C1=O. The summed E-state index contributed by atoms with van der Waals surface area (Å²) in [5.41, 5.74) is 0.989. The number of thiophene rings is 1. The Morgan fingerprint density at radius 3 is 3.07 bits per heavy atom. The van der Waals surface area contributed by atoms with E-state index in [1.165, 1.54) is 18.3 Å². The first kappa shape index (κ1) is 9.08. The van der Waals surface area contributed by atoms with Crippen molar-refractivity contribution in [2.24, 2.45) is 5.16 Å². The summed E-state index contributed by atoms with van der Waals surface area (Å²) in [6.45, 7) is 1.25. The lowest BCUT2D eigenvalue weighted by Crippen LogP contribution is -2.09. The molecule has 0 unspecified atom stereocenters. The molecule has 2 rings (SSSR count). The molecule has 0 radical (unpaired) electrons. The Bertz CT molecular complexity index is 433. The third-order valence-corrected chi connectivity index (χ3v) is 2.79. The maximum Gasteiger partial charge on any atom is 0.331 e. The van der Waals surface area contributed by atoms with Gasteiger partial charge in [-0.1, -0.05) is 5.16 Å². The molecule has 0 N–H and O–H groups in total. The number of oxime groups is 1. The molecule has 0 saturated carbocycles. The number of nitrogens with zero attached hydrogens (tertiary/aromatic N) is 1. The fraction of sp³-hybridized carbons (Fsp3) is 0.222. The van der Waals surface area contributed by atoms with Crippen molar-refractivity contribution >= 4 is 28.8 Å². The monoisotopic (exact) mass is 209 g/mol. The van der Waals surface area contributed by atoms with Crippen LogP contribution in [0.3, 0.4) is 0 Å². The summed E-state index contributed by atoms with van der Waals surface area (Å²) in [7, 11) is 0. The average molecular weight is 209 g/mol. The summed E-state index contributed by atoms with van der Waals surface area (Å²) in [5, 5.41) is 5.38. The van der Waals surface area contributed by atoms with Gasteiger partial charge in [-0.2, -0.15) is 0 Å². The van der Waals surface area contributed by atoms with E-state index >= 15 is 0 Å². The van der Waals surface area contributed by atoms with Gasteiger partial charge in [0.1, 0.15) is 5.71 Å². The van der Waals surface area contributed by atoms with Crippen LogP contribution in [0.2, 0.25) is 0 Å². The molecule has 5 heteroatoms. The van der Waals surface area contributed by atoms with Crippen molar-refractivity contribution < 1.29 is 14.4 Å². The molecule has 1 aliphatic rings. The van der Waals surface area contributed by atoms with E-state index in [4.69, 9.17) is 0 Å². The highest BCUT2D eigenvalue weighted by Crippen LogP contribution is 2.25. The molecule has 0 spiro atoms. The quantitative estimate of drug-likeness (QED) is 0.519. The van der Waals surface area contributed by atoms with E-state index in [9.17, 15) is 9.59 Å². The van der Waals surface area contributed by atoms with Crippen molar-refractivity contribution in [1.29, 1.82) is 0 Å². The third-order valence-electron chi connectivity index (χ3n) is 1.86. The van der Waals surface area contributed by atoms with Gasteiger partial charge in [-0.05, 0) is 11.4 Å². The second kappa shape index (κ2) is 3.34. The first-order valence-corrected chi connectivity index (χ1v) is 4.92. The Hall–Kier alpha value is -1.49. The molecule has 1 heterocycles. The van der Waals surface area contributed by atoms with Crippen molar-refractivity contribution in [3.63, 3.8) is 0 Å². The predicted molar refractivity (Wildman–Crippen MR) is 51.6 cm³/mol. The molecular weight excluding hydrogens is 202 g/mol.